The summed E-state index contributed by atoms with van der Waals surface area (Å²) in [5, 5.41) is 3.80. The molecule has 1 saturated carbocycles. The Bertz CT molecular complexity index is 245. The van der Waals surface area contributed by atoms with Crippen LogP contribution in [0.25, 0.3) is 0 Å². The zero-order chi connectivity index (χ0) is 10.1. The summed E-state index contributed by atoms with van der Waals surface area (Å²) < 4.78 is 0. The second kappa shape index (κ2) is 4.50. The number of nitrogens with one attached hydrogen (secondary N) is 1. The van der Waals surface area contributed by atoms with E-state index in [2.05, 4.69) is 29.2 Å². The van der Waals surface area contributed by atoms with Gasteiger partial charge in [-0.1, -0.05) is 12.2 Å². The second-order valence-electron chi connectivity index (χ2n) is 5.34. The minimum absolute atomic E-state index is 0.828. The van der Waals surface area contributed by atoms with Crippen LogP contribution in [-0.4, -0.2) is 24.1 Å². The van der Waals surface area contributed by atoms with E-state index in [0.717, 1.165) is 23.8 Å². The van der Waals surface area contributed by atoms with Crippen molar-refractivity contribution in [3.05, 3.63) is 12.2 Å². The van der Waals surface area contributed by atoms with Gasteiger partial charge in [-0.2, -0.15) is 11.8 Å². The number of allylic oxidation sites excluding steroid dienone is 2. The van der Waals surface area contributed by atoms with E-state index in [4.69, 9.17) is 0 Å². The minimum atomic E-state index is 0.828. The zero-order valence-corrected chi connectivity index (χ0v) is 10.1. The molecule has 2 heteroatoms. The number of hydrogen-bond donors (Lipinski definition) is 1. The summed E-state index contributed by atoms with van der Waals surface area (Å²) in [6.45, 7) is 1.28. The molecular weight excluding hydrogens is 202 g/mol. The lowest BCUT2D eigenvalue weighted by atomic mass is 9.93. The summed E-state index contributed by atoms with van der Waals surface area (Å²) in [5.74, 6) is 5.54. The smallest absolute Gasteiger partial charge is 0.00828 e. The summed E-state index contributed by atoms with van der Waals surface area (Å²) >= 11 is 2.12. The summed E-state index contributed by atoms with van der Waals surface area (Å²) in [6, 6.07) is 0.828. The molecule has 1 N–H and O–H groups in total. The first-order valence-electron chi connectivity index (χ1n) is 6.41. The van der Waals surface area contributed by atoms with Crippen molar-refractivity contribution in [1.82, 2.24) is 5.32 Å². The van der Waals surface area contributed by atoms with Crippen molar-refractivity contribution < 1.29 is 0 Å². The highest BCUT2D eigenvalue weighted by molar-refractivity contribution is 7.99. The van der Waals surface area contributed by atoms with Gasteiger partial charge in [-0.3, -0.25) is 0 Å². The Kier molecular flexibility index (Phi) is 3.07. The molecule has 2 bridgehead atoms. The Balaban J connectivity index is 1.44. The molecule has 1 saturated heterocycles. The van der Waals surface area contributed by atoms with Crippen LogP contribution in [0.5, 0.6) is 0 Å². The van der Waals surface area contributed by atoms with Crippen LogP contribution in [0.1, 0.15) is 25.7 Å². The van der Waals surface area contributed by atoms with Gasteiger partial charge < -0.3 is 5.32 Å². The maximum absolute atomic E-state index is 3.80. The van der Waals surface area contributed by atoms with Crippen molar-refractivity contribution in [2.24, 2.45) is 17.8 Å². The molecular formula is C13H21NS. The summed E-state index contributed by atoms with van der Waals surface area (Å²) in [4.78, 5) is 0. The summed E-state index contributed by atoms with van der Waals surface area (Å²) in [5.41, 5.74) is 0. The predicted molar refractivity (Wildman–Crippen MR) is 67.2 cm³/mol. The molecule has 2 aliphatic carbocycles. The maximum atomic E-state index is 3.80. The van der Waals surface area contributed by atoms with Crippen LogP contribution in [0, 0.1) is 17.8 Å². The van der Waals surface area contributed by atoms with Crippen molar-refractivity contribution in [3.8, 4) is 0 Å². The van der Waals surface area contributed by atoms with Gasteiger partial charge in [0.15, 0.2) is 0 Å². The third-order valence-corrected chi connectivity index (χ3v) is 5.36. The molecule has 0 radical (unpaired) electrons. The Hall–Kier alpha value is 0.0500. The van der Waals surface area contributed by atoms with Gasteiger partial charge in [0.2, 0.25) is 0 Å². The van der Waals surface area contributed by atoms with Crippen LogP contribution in [-0.2, 0) is 0 Å². The predicted octanol–water partition coefficient (Wildman–Crippen LogP) is 2.68. The molecule has 0 spiro atoms. The number of hydrogen-bond acceptors (Lipinski definition) is 2. The van der Waals surface area contributed by atoms with Crippen LogP contribution in [0.4, 0.5) is 0 Å². The highest BCUT2D eigenvalue weighted by atomic mass is 32.2. The largest absolute Gasteiger partial charge is 0.314 e. The Morgan fingerprint density at radius 3 is 2.67 bits per heavy atom. The van der Waals surface area contributed by atoms with Crippen molar-refractivity contribution in [2.45, 2.75) is 31.7 Å². The van der Waals surface area contributed by atoms with Gasteiger partial charge >= 0.3 is 0 Å². The van der Waals surface area contributed by atoms with Gasteiger partial charge in [0, 0.05) is 6.04 Å². The van der Waals surface area contributed by atoms with Crippen LogP contribution in [0.15, 0.2) is 12.2 Å². The van der Waals surface area contributed by atoms with Crippen molar-refractivity contribution in [1.29, 1.82) is 0 Å². The normalized spacial score (nSPS) is 40.1. The first-order chi connectivity index (χ1) is 7.42. The molecule has 3 atom stereocenters. The van der Waals surface area contributed by atoms with Gasteiger partial charge in [-0.15, -0.1) is 0 Å². The molecule has 1 aliphatic heterocycles. The van der Waals surface area contributed by atoms with Crippen molar-refractivity contribution in [2.75, 3.05) is 18.1 Å². The first kappa shape index (κ1) is 10.2. The molecule has 3 aliphatic rings. The molecule has 3 rings (SSSR count). The third-order valence-electron chi connectivity index (χ3n) is 4.31. The van der Waals surface area contributed by atoms with Crippen LogP contribution in [0.3, 0.4) is 0 Å². The van der Waals surface area contributed by atoms with Gasteiger partial charge in [-0.25, -0.2) is 0 Å². The molecule has 0 amide bonds. The molecule has 0 aromatic carbocycles. The average Bonchev–Trinajstić information content (AvgIpc) is 2.89. The zero-order valence-electron chi connectivity index (χ0n) is 9.32. The quantitative estimate of drug-likeness (QED) is 0.738. The van der Waals surface area contributed by atoms with E-state index in [0.29, 0.717) is 0 Å². The fraction of sp³-hybridized carbons (Fsp3) is 0.846. The topological polar surface area (TPSA) is 12.0 Å². The highest BCUT2D eigenvalue weighted by Crippen LogP contribution is 2.43. The fourth-order valence-corrected chi connectivity index (χ4v) is 4.46. The van der Waals surface area contributed by atoms with Crippen LogP contribution in [0.2, 0.25) is 0 Å². The average molecular weight is 223 g/mol. The van der Waals surface area contributed by atoms with E-state index in [1.807, 2.05) is 0 Å². The number of thioether (sulfide) groups is 1. The Labute approximate surface area is 97.1 Å². The van der Waals surface area contributed by atoms with Gasteiger partial charge in [0.05, 0.1) is 0 Å². The van der Waals surface area contributed by atoms with Gasteiger partial charge in [0.1, 0.15) is 0 Å². The van der Waals surface area contributed by atoms with E-state index in [1.165, 1.54) is 43.7 Å². The van der Waals surface area contributed by atoms with Crippen molar-refractivity contribution in [3.63, 3.8) is 0 Å². The van der Waals surface area contributed by atoms with Crippen LogP contribution >= 0.6 is 11.8 Å². The lowest BCUT2D eigenvalue weighted by Gasteiger charge is -2.26. The first-order valence-corrected chi connectivity index (χ1v) is 7.57. The molecule has 1 nitrogen and oxygen atoms in total. The SMILES string of the molecule is C1=CC2CC1CC2CNC1CCSCC1. The molecule has 2 fully saturated rings. The molecule has 84 valence electrons. The van der Waals surface area contributed by atoms with Crippen molar-refractivity contribution >= 4 is 11.8 Å². The lowest BCUT2D eigenvalue weighted by molar-refractivity contribution is 0.372. The van der Waals surface area contributed by atoms with Gasteiger partial charge in [-0.05, 0) is 61.5 Å². The Morgan fingerprint density at radius 2 is 2.00 bits per heavy atom. The number of rotatable bonds is 3. The standard InChI is InChI=1S/C13H21NS/c1-2-11-7-10(1)8-12(11)9-14-13-3-5-15-6-4-13/h1-2,10-14H,3-9H2. The highest BCUT2D eigenvalue weighted by Gasteiger charge is 2.35. The summed E-state index contributed by atoms with van der Waals surface area (Å²) in [7, 11) is 0. The molecule has 3 unspecified atom stereocenters. The third kappa shape index (κ3) is 2.26. The van der Waals surface area contributed by atoms with Crippen LogP contribution < -0.4 is 5.32 Å². The fourth-order valence-electron chi connectivity index (χ4n) is 3.35. The van der Waals surface area contributed by atoms with E-state index in [-0.39, 0.29) is 0 Å². The Morgan fingerprint density at radius 1 is 1.13 bits per heavy atom. The number of fused-ring (bicyclic) bond motifs is 2. The molecule has 15 heavy (non-hydrogen) atoms. The molecule has 0 aromatic heterocycles. The lowest BCUT2D eigenvalue weighted by Crippen LogP contribution is -2.36. The second-order valence-corrected chi connectivity index (χ2v) is 6.56. The maximum Gasteiger partial charge on any atom is 0.00828 e. The minimum Gasteiger partial charge on any atom is -0.314 e. The van der Waals surface area contributed by atoms with Gasteiger partial charge in [0.25, 0.3) is 0 Å². The molecule has 0 aromatic rings. The van der Waals surface area contributed by atoms with E-state index >= 15 is 0 Å². The molecule has 1 heterocycles. The van der Waals surface area contributed by atoms with E-state index in [9.17, 15) is 0 Å². The van der Waals surface area contributed by atoms with E-state index < -0.39 is 0 Å². The monoisotopic (exact) mass is 223 g/mol. The summed E-state index contributed by atoms with van der Waals surface area (Å²) in [6.07, 6.45) is 10.6. The van der Waals surface area contributed by atoms with E-state index in [1.54, 1.807) is 0 Å².